The summed E-state index contributed by atoms with van der Waals surface area (Å²) >= 11 is 0. The van der Waals surface area contributed by atoms with Gasteiger partial charge in [0.2, 0.25) is 0 Å². The fraction of sp³-hybridized carbons (Fsp3) is 0.231. The van der Waals surface area contributed by atoms with E-state index in [2.05, 4.69) is 64.7 Å². The van der Waals surface area contributed by atoms with Crippen molar-refractivity contribution in [3.05, 3.63) is 108 Å². The van der Waals surface area contributed by atoms with Crippen molar-refractivity contribution in [1.29, 1.82) is 0 Å². The topological polar surface area (TPSA) is 21.3 Å². The summed E-state index contributed by atoms with van der Waals surface area (Å²) in [7, 11) is 0. The second-order valence-electron chi connectivity index (χ2n) is 7.21. The molecule has 0 spiro atoms. The Hall–Kier alpha value is -2.76. The fourth-order valence-electron chi connectivity index (χ4n) is 3.32. The number of rotatable bonds is 10. The highest BCUT2D eigenvalue weighted by Crippen LogP contribution is 2.24. The third kappa shape index (κ3) is 8.77. The molecule has 3 rings (SSSR count). The molecule has 3 aromatic carbocycles. The van der Waals surface area contributed by atoms with E-state index in [0.29, 0.717) is 6.54 Å². The summed E-state index contributed by atoms with van der Waals surface area (Å²) in [6.45, 7) is 1.46. The van der Waals surface area contributed by atoms with Crippen LogP contribution in [0.25, 0.3) is 5.57 Å². The van der Waals surface area contributed by atoms with Crippen LogP contribution in [-0.4, -0.2) is 12.9 Å². The minimum Gasteiger partial charge on any atom is -0.406 e. The Kier molecular flexibility index (Phi) is 10.3. The van der Waals surface area contributed by atoms with Crippen LogP contribution in [0.15, 0.2) is 91.0 Å². The number of unbranched alkanes of at least 4 members (excludes halogenated alkanes) is 2. The quantitative estimate of drug-likeness (QED) is 0.317. The van der Waals surface area contributed by atoms with Gasteiger partial charge in [0.05, 0.1) is 0 Å². The molecule has 0 atom stereocenters. The molecule has 6 heteroatoms. The number of hydrogen-bond donors (Lipinski definition) is 1. The normalized spacial score (nSPS) is 10.8. The summed E-state index contributed by atoms with van der Waals surface area (Å²) in [5.74, 6) is -0.198. The molecule has 170 valence electrons. The number of alkyl halides is 3. The van der Waals surface area contributed by atoms with Crippen LogP contribution in [0.1, 0.15) is 36.0 Å². The largest absolute Gasteiger partial charge is 0.573 e. The zero-order valence-electron chi connectivity index (χ0n) is 17.6. The van der Waals surface area contributed by atoms with Crippen LogP contribution in [-0.2, 0) is 6.54 Å². The van der Waals surface area contributed by atoms with E-state index in [1.54, 1.807) is 12.1 Å². The maximum Gasteiger partial charge on any atom is 0.573 e. The van der Waals surface area contributed by atoms with E-state index in [1.807, 2.05) is 12.1 Å². The first-order valence-electron chi connectivity index (χ1n) is 10.4. The molecule has 2 nitrogen and oxygen atoms in total. The Morgan fingerprint density at radius 3 is 1.88 bits per heavy atom. The summed E-state index contributed by atoms with van der Waals surface area (Å²) in [4.78, 5) is 0. The average Bonchev–Trinajstić information content (AvgIpc) is 2.77. The lowest BCUT2D eigenvalue weighted by molar-refractivity contribution is -0.274. The van der Waals surface area contributed by atoms with Gasteiger partial charge in [0, 0.05) is 6.54 Å². The van der Waals surface area contributed by atoms with Crippen LogP contribution in [0.3, 0.4) is 0 Å². The molecule has 0 fully saturated rings. The molecule has 32 heavy (non-hydrogen) atoms. The van der Waals surface area contributed by atoms with E-state index < -0.39 is 6.36 Å². The summed E-state index contributed by atoms with van der Waals surface area (Å²) in [6, 6.07) is 26.7. The summed E-state index contributed by atoms with van der Waals surface area (Å²) in [6.07, 6.45) is 0.681. The van der Waals surface area contributed by atoms with Gasteiger partial charge in [-0.25, -0.2) is 0 Å². The van der Waals surface area contributed by atoms with Gasteiger partial charge in [-0.15, -0.1) is 25.6 Å². The highest BCUT2D eigenvalue weighted by molar-refractivity contribution is 5.85. The Labute approximate surface area is 193 Å². The van der Waals surface area contributed by atoms with Gasteiger partial charge in [-0.05, 0) is 60.2 Å². The van der Waals surface area contributed by atoms with Crippen LogP contribution in [0, 0.1) is 0 Å². The van der Waals surface area contributed by atoms with Gasteiger partial charge in [-0.2, -0.15) is 0 Å². The second-order valence-corrected chi connectivity index (χ2v) is 7.21. The van der Waals surface area contributed by atoms with Gasteiger partial charge in [0.15, 0.2) is 0 Å². The van der Waals surface area contributed by atoms with Crippen molar-refractivity contribution in [2.24, 2.45) is 0 Å². The third-order valence-corrected chi connectivity index (χ3v) is 4.81. The second kappa shape index (κ2) is 12.9. The van der Waals surface area contributed by atoms with E-state index in [1.165, 1.54) is 28.8 Å². The van der Waals surface area contributed by atoms with E-state index >= 15 is 0 Å². The van der Waals surface area contributed by atoms with Crippen LogP contribution < -0.4 is 10.1 Å². The Balaban J connectivity index is 0.00000363. The number of halogens is 4. The molecule has 0 aromatic heterocycles. The van der Waals surface area contributed by atoms with Crippen molar-refractivity contribution in [2.45, 2.75) is 32.2 Å². The number of ether oxygens (including phenoxy) is 1. The van der Waals surface area contributed by atoms with Gasteiger partial charge in [0.25, 0.3) is 0 Å². The van der Waals surface area contributed by atoms with Crippen molar-refractivity contribution in [3.8, 4) is 5.75 Å². The lowest BCUT2D eigenvalue weighted by Crippen LogP contribution is -2.17. The zero-order chi connectivity index (χ0) is 21.9. The Bertz CT molecular complexity index is 901. The Morgan fingerprint density at radius 2 is 1.34 bits per heavy atom. The molecule has 0 aliphatic heterocycles. The minimum atomic E-state index is -4.66. The molecule has 0 saturated heterocycles. The first-order valence-corrected chi connectivity index (χ1v) is 10.4. The maximum atomic E-state index is 12.2. The van der Waals surface area contributed by atoms with Gasteiger partial charge in [-0.1, -0.05) is 78.9 Å². The molecule has 0 bridgehead atoms. The predicted octanol–water partition coefficient (Wildman–Crippen LogP) is 7.40. The first-order chi connectivity index (χ1) is 15.0. The number of allylic oxidation sites excluding steroid dienone is 1. The van der Waals surface area contributed by atoms with Gasteiger partial charge >= 0.3 is 6.36 Å². The van der Waals surface area contributed by atoms with Crippen LogP contribution in [0.2, 0.25) is 0 Å². The van der Waals surface area contributed by atoms with Crippen molar-refractivity contribution in [3.63, 3.8) is 0 Å². The lowest BCUT2D eigenvalue weighted by atomic mass is 9.96. The predicted molar refractivity (Wildman–Crippen MR) is 126 cm³/mol. The van der Waals surface area contributed by atoms with Gasteiger partial charge < -0.3 is 10.1 Å². The molecule has 0 saturated carbocycles. The number of benzene rings is 3. The summed E-state index contributed by atoms with van der Waals surface area (Å²) in [5, 5.41) is 3.34. The molecule has 0 unspecified atom stereocenters. The van der Waals surface area contributed by atoms with E-state index in [0.717, 1.165) is 31.4 Å². The molecule has 3 aromatic rings. The molecule has 0 radical (unpaired) electrons. The zero-order valence-corrected chi connectivity index (χ0v) is 18.5. The number of nitrogens with one attached hydrogen (secondary N) is 1. The first kappa shape index (κ1) is 25.5. The van der Waals surface area contributed by atoms with Crippen molar-refractivity contribution >= 4 is 18.0 Å². The molecule has 0 heterocycles. The molecule has 0 amide bonds. The number of hydrogen-bond acceptors (Lipinski definition) is 2. The monoisotopic (exact) mass is 461 g/mol. The molecular weight excluding hydrogens is 435 g/mol. The van der Waals surface area contributed by atoms with Crippen LogP contribution >= 0.6 is 12.4 Å². The lowest BCUT2D eigenvalue weighted by Gasteiger charge is -2.10. The highest BCUT2D eigenvalue weighted by atomic mass is 35.5. The van der Waals surface area contributed by atoms with E-state index in [9.17, 15) is 13.2 Å². The van der Waals surface area contributed by atoms with Crippen LogP contribution in [0.4, 0.5) is 13.2 Å². The fourth-order valence-corrected chi connectivity index (χ4v) is 3.32. The maximum absolute atomic E-state index is 12.2. The third-order valence-electron chi connectivity index (χ3n) is 4.81. The smallest absolute Gasteiger partial charge is 0.406 e. The molecule has 1 N–H and O–H groups in total. The SMILES string of the molecule is Cl.FC(F)(F)Oc1ccc(CNCCCCC=C(c2ccccc2)c2ccccc2)cc1. The van der Waals surface area contributed by atoms with Gasteiger partial charge in [0.1, 0.15) is 5.75 Å². The van der Waals surface area contributed by atoms with Crippen molar-refractivity contribution in [1.82, 2.24) is 5.32 Å². The molecular formula is C26H27ClF3NO. The molecule has 0 aliphatic rings. The van der Waals surface area contributed by atoms with Crippen molar-refractivity contribution in [2.75, 3.05) is 6.54 Å². The minimum absolute atomic E-state index is 0. The Morgan fingerprint density at radius 1 is 0.781 bits per heavy atom. The van der Waals surface area contributed by atoms with E-state index in [4.69, 9.17) is 0 Å². The summed E-state index contributed by atoms with van der Waals surface area (Å²) in [5.41, 5.74) is 4.59. The standard InChI is InChI=1S/C26H26F3NO.ClH/c27-26(28,29)31-24-17-15-21(16-18-24)20-30-19-9-3-8-14-25(22-10-4-1-5-11-22)23-12-6-2-7-13-23;/h1-2,4-7,10-18,30H,3,8-9,19-20H2;1H. The summed E-state index contributed by atoms with van der Waals surface area (Å²) < 4.78 is 40.5. The van der Waals surface area contributed by atoms with Crippen molar-refractivity contribution < 1.29 is 17.9 Å². The van der Waals surface area contributed by atoms with Crippen LogP contribution in [0.5, 0.6) is 5.75 Å². The average molecular weight is 462 g/mol. The highest BCUT2D eigenvalue weighted by Gasteiger charge is 2.30. The van der Waals surface area contributed by atoms with E-state index in [-0.39, 0.29) is 18.2 Å². The molecule has 0 aliphatic carbocycles. The van der Waals surface area contributed by atoms with Gasteiger partial charge in [-0.3, -0.25) is 0 Å².